The normalized spacial score (nSPS) is 11.9. The smallest absolute Gasteiger partial charge is 0.264 e. The Morgan fingerprint density at radius 1 is 0.950 bits per heavy atom. The van der Waals surface area contributed by atoms with Crippen LogP contribution in [0.4, 0.5) is 5.69 Å². The van der Waals surface area contributed by atoms with Crippen LogP contribution in [-0.4, -0.2) is 59.0 Å². The Bertz CT molecular complexity index is 1480. The van der Waals surface area contributed by atoms with E-state index in [1.54, 1.807) is 49.4 Å². The van der Waals surface area contributed by atoms with Gasteiger partial charge in [-0.05, 0) is 55.8 Å². The second-order valence-corrected chi connectivity index (χ2v) is 11.6. The zero-order valence-corrected chi connectivity index (χ0v) is 25.1. The minimum Gasteiger partial charge on any atom is -0.497 e. The monoisotopic (exact) mass is 607 g/mol. The first-order valence-electron chi connectivity index (χ1n) is 12.2. The Morgan fingerprint density at radius 2 is 1.62 bits per heavy atom. The number of amides is 2. The van der Waals surface area contributed by atoms with Crippen molar-refractivity contribution in [3.63, 3.8) is 0 Å². The number of nitrogens with one attached hydrogen (secondary N) is 1. The van der Waals surface area contributed by atoms with E-state index in [2.05, 4.69) is 5.32 Å². The third-order valence-electron chi connectivity index (χ3n) is 6.29. The number of nitrogens with zero attached hydrogens (tertiary/aromatic N) is 2. The molecular weight excluding hydrogens is 577 g/mol. The molecule has 3 rings (SSSR count). The van der Waals surface area contributed by atoms with Crippen molar-refractivity contribution < 1.29 is 27.5 Å². The van der Waals surface area contributed by atoms with Gasteiger partial charge in [0.05, 0.1) is 34.8 Å². The van der Waals surface area contributed by atoms with E-state index in [0.29, 0.717) is 16.3 Å². The van der Waals surface area contributed by atoms with Crippen LogP contribution in [-0.2, 0) is 26.2 Å². The van der Waals surface area contributed by atoms with E-state index in [9.17, 15) is 18.0 Å². The maximum absolute atomic E-state index is 14.0. The van der Waals surface area contributed by atoms with E-state index in [4.69, 9.17) is 32.7 Å². The molecule has 0 aromatic heterocycles. The van der Waals surface area contributed by atoms with Crippen molar-refractivity contribution in [2.24, 2.45) is 0 Å². The summed E-state index contributed by atoms with van der Waals surface area (Å²) in [7, 11) is 0.0126. The van der Waals surface area contributed by atoms with E-state index >= 15 is 0 Å². The molecule has 0 aliphatic rings. The summed E-state index contributed by atoms with van der Waals surface area (Å²) < 4.78 is 39.8. The molecule has 12 heteroatoms. The van der Waals surface area contributed by atoms with E-state index in [0.717, 1.165) is 9.87 Å². The average molecular weight is 609 g/mol. The SMILES string of the molecule is CNC(=O)[C@H](C)N(Cc1ccc(Cl)c(Cl)c1)C(=O)CN(c1cc(OC)ccc1OC)S(=O)(=O)c1ccc(C)cc1. The molecule has 0 saturated heterocycles. The van der Waals surface area contributed by atoms with E-state index in [1.165, 1.54) is 44.4 Å². The summed E-state index contributed by atoms with van der Waals surface area (Å²) in [6.07, 6.45) is 0. The standard InChI is InChI=1S/C28H31Cl2N3O6S/c1-18-6-10-22(11-7-18)40(36,37)33(25-15-21(38-4)9-13-26(25)39-5)17-27(34)32(19(2)28(35)31-3)16-20-8-12-23(29)24(30)14-20/h6-15,19H,16-17H2,1-5H3,(H,31,35)/t19-/m0/s1. The number of halogens is 2. The Morgan fingerprint density at radius 3 is 2.20 bits per heavy atom. The first-order valence-corrected chi connectivity index (χ1v) is 14.4. The van der Waals surface area contributed by atoms with E-state index in [1.807, 2.05) is 6.92 Å². The van der Waals surface area contributed by atoms with Crippen molar-refractivity contribution in [3.05, 3.63) is 81.8 Å². The van der Waals surface area contributed by atoms with Gasteiger partial charge in [-0.1, -0.05) is 47.0 Å². The van der Waals surface area contributed by atoms with Gasteiger partial charge in [0.15, 0.2) is 0 Å². The van der Waals surface area contributed by atoms with Crippen molar-refractivity contribution in [3.8, 4) is 11.5 Å². The minimum absolute atomic E-state index is 0.0221. The van der Waals surface area contributed by atoms with Gasteiger partial charge in [0.1, 0.15) is 24.1 Å². The topological polar surface area (TPSA) is 105 Å². The summed E-state index contributed by atoms with van der Waals surface area (Å²) in [6.45, 7) is 2.73. The third-order valence-corrected chi connectivity index (χ3v) is 8.81. The molecule has 9 nitrogen and oxygen atoms in total. The number of methoxy groups -OCH3 is 2. The molecular formula is C28H31Cl2N3O6S. The lowest BCUT2D eigenvalue weighted by atomic mass is 10.1. The summed E-state index contributed by atoms with van der Waals surface area (Å²) in [4.78, 5) is 27.8. The summed E-state index contributed by atoms with van der Waals surface area (Å²) >= 11 is 12.2. The third kappa shape index (κ3) is 6.99. The van der Waals surface area contributed by atoms with Crippen molar-refractivity contribution in [2.45, 2.75) is 31.3 Å². The van der Waals surface area contributed by atoms with Gasteiger partial charge in [0.2, 0.25) is 11.8 Å². The lowest BCUT2D eigenvalue weighted by Gasteiger charge is -2.32. The number of aryl methyl sites for hydroxylation is 1. The fourth-order valence-corrected chi connectivity index (χ4v) is 5.71. The van der Waals surface area contributed by atoms with Gasteiger partial charge in [-0.3, -0.25) is 13.9 Å². The molecule has 0 aliphatic heterocycles. The van der Waals surface area contributed by atoms with Crippen LogP contribution in [0.25, 0.3) is 0 Å². The molecule has 0 heterocycles. The number of hydrogen-bond donors (Lipinski definition) is 1. The number of anilines is 1. The van der Waals surface area contributed by atoms with Gasteiger partial charge in [-0.2, -0.15) is 0 Å². The van der Waals surface area contributed by atoms with Crippen LogP contribution in [0.15, 0.2) is 65.6 Å². The first-order chi connectivity index (χ1) is 18.9. The highest BCUT2D eigenvalue weighted by Gasteiger charge is 2.34. The number of carbonyl (C=O) groups is 2. The zero-order valence-electron chi connectivity index (χ0n) is 22.8. The molecule has 0 bridgehead atoms. The van der Waals surface area contributed by atoms with Gasteiger partial charge in [0, 0.05) is 19.7 Å². The zero-order chi connectivity index (χ0) is 29.6. The van der Waals surface area contributed by atoms with E-state index in [-0.39, 0.29) is 27.9 Å². The lowest BCUT2D eigenvalue weighted by Crippen LogP contribution is -2.50. The molecule has 0 spiro atoms. The van der Waals surface area contributed by atoms with Crippen LogP contribution in [0, 0.1) is 6.92 Å². The molecule has 3 aromatic carbocycles. The molecule has 0 unspecified atom stereocenters. The van der Waals surface area contributed by atoms with Gasteiger partial charge in [-0.25, -0.2) is 8.42 Å². The molecule has 0 fully saturated rings. The van der Waals surface area contributed by atoms with Crippen molar-refractivity contribution >= 4 is 50.7 Å². The first kappa shape index (κ1) is 31.1. The molecule has 0 saturated carbocycles. The predicted molar refractivity (Wildman–Crippen MR) is 156 cm³/mol. The minimum atomic E-state index is -4.28. The molecule has 0 radical (unpaired) electrons. The lowest BCUT2D eigenvalue weighted by molar-refractivity contribution is -0.139. The number of carbonyl (C=O) groups excluding carboxylic acids is 2. The molecule has 214 valence electrons. The number of ether oxygens (including phenoxy) is 2. The largest absolute Gasteiger partial charge is 0.497 e. The van der Waals surface area contributed by atoms with Crippen LogP contribution < -0.4 is 19.1 Å². The van der Waals surface area contributed by atoms with Crippen LogP contribution in [0.1, 0.15) is 18.1 Å². The van der Waals surface area contributed by atoms with Crippen LogP contribution in [0.2, 0.25) is 10.0 Å². The van der Waals surface area contributed by atoms with Crippen LogP contribution >= 0.6 is 23.2 Å². The molecule has 3 aromatic rings. The predicted octanol–water partition coefficient (Wildman–Crippen LogP) is 4.68. The highest BCUT2D eigenvalue weighted by molar-refractivity contribution is 7.92. The van der Waals surface area contributed by atoms with Crippen molar-refractivity contribution in [1.29, 1.82) is 0 Å². The van der Waals surface area contributed by atoms with E-state index < -0.39 is 34.4 Å². The second kappa shape index (κ2) is 13.3. The summed E-state index contributed by atoms with van der Waals surface area (Å²) in [5.41, 5.74) is 1.57. The molecule has 1 atom stereocenters. The summed E-state index contributed by atoms with van der Waals surface area (Å²) in [5, 5.41) is 3.16. The van der Waals surface area contributed by atoms with Crippen molar-refractivity contribution in [2.75, 3.05) is 32.1 Å². The number of hydrogen-bond acceptors (Lipinski definition) is 6. The fourth-order valence-electron chi connectivity index (χ4n) is 3.97. The average Bonchev–Trinajstić information content (AvgIpc) is 2.95. The number of rotatable bonds is 11. The van der Waals surface area contributed by atoms with Gasteiger partial charge < -0.3 is 19.7 Å². The van der Waals surface area contributed by atoms with Crippen molar-refractivity contribution in [1.82, 2.24) is 10.2 Å². The maximum Gasteiger partial charge on any atom is 0.264 e. The van der Waals surface area contributed by atoms with Crippen LogP contribution in [0.5, 0.6) is 11.5 Å². The highest BCUT2D eigenvalue weighted by Crippen LogP contribution is 2.36. The maximum atomic E-state index is 14.0. The Hall–Kier alpha value is -3.47. The molecule has 40 heavy (non-hydrogen) atoms. The number of likely N-dealkylation sites (N-methyl/N-ethyl adjacent to an activating group) is 1. The summed E-state index contributed by atoms with van der Waals surface area (Å²) in [5.74, 6) is -0.499. The van der Waals surface area contributed by atoms with Gasteiger partial charge in [0.25, 0.3) is 10.0 Å². The molecule has 1 N–H and O–H groups in total. The number of benzene rings is 3. The van der Waals surface area contributed by atoms with Gasteiger partial charge >= 0.3 is 0 Å². The quantitative estimate of drug-likeness (QED) is 0.339. The second-order valence-electron chi connectivity index (χ2n) is 8.92. The summed E-state index contributed by atoms with van der Waals surface area (Å²) in [6, 6.07) is 14.8. The fraction of sp³-hybridized carbons (Fsp3) is 0.286. The Balaban J connectivity index is 2.13. The Labute approximate surface area is 244 Å². The van der Waals surface area contributed by atoms with Gasteiger partial charge in [-0.15, -0.1) is 0 Å². The Kier molecular flexibility index (Phi) is 10.3. The highest BCUT2D eigenvalue weighted by atomic mass is 35.5. The van der Waals surface area contributed by atoms with Crippen LogP contribution in [0.3, 0.4) is 0 Å². The number of sulfonamides is 1. The molecule has 0 aliphatic carbocycles. The molecule has 2 amide bonds.